The molecular formula is C12H9ClN4O2S. The molecule has 1 aromatic carbocycles. The Kier molecular flexibility index (Phi) is 3.37. The molecular weight excluding hydrogens is 300 g/mol. The van der Waals surface area contributed by atoms with E-state index in [0.29, 0.717) is 22.8 Å². The van der Waals surface area contributed by atoms with Gasteiger partial charge in [-0.25, -0.2) is 0 Å². The fourth-order valence-electron chi connectivity index (χ4n) is 1.86. The minimum absolute atomic E-state index is 0.255. The summed E-state index contributed by atoms with van der Waals surface area (Å²) in [4.78, 5) is 12.6. The largest absolute Gasteiger partial charge is 0.496 e. The predicted molar refractivity (Wildman–Crippen MR) is 75.7 cm³/mol. The first kappa shape index (κ1) is 13.0. The van der Waals surface area contributed by atoms with E-state index in [2.05, 4.69) is 15.3 Å². The highest BCUT2D eigenvalue weighted by Crippen LogP contribution is 2.20. The lowest BCUT2D eigenvalue weighted by Gasteiger charge is -2.06. The molecule has 0 saturated carbocycles. The number of fused-ring (bicyclic) bond motifs is 1. The Morgan fingerprint density at radius 3 is 2.95 bits per heavy atom. The standard InChI is InChI=1S/C12H9ClN4O2S/c1-19-9-5-3-2-4-7(9)6-8-10(18)17-12(15-14-8)20-11(13)16-17/h2-5H,6H2,1H3. The third kappa shape index (κ3) is 2.25. The van der Waals surface area contributed by atoms with Gasteiger partial charge in [-0.3, -0.25) is 4.79 Å². The molecule has 2 heterocycles. The second-order valence-electron chi connectivity index (χ2n) is 3.99. The van der Waals surface area contributed by atoms with Gasteiger partial charge in [-0.2, -0.15) is 4.52 Å². The van der Waals surface area contributed by atoms with Gasteiger partial charge >= 0.3 is 0 Å². The summed E-state index contributed by atoms with van der Waals surface area (Å²) in [7, 11) is 1.58. The zero-order chi connectivity index (χ0) is 14.1. The number of ether oxygens (including phenoxy) is 1. The van der Waals surface area contributed by atoms with Crippen molar-refractivity contribution in [3.63, 3.8) is 0 Å². The molecule has 20 heavy (non-hydrogen) atoms. The second kappa shape index (κ2) is 5.18. The van der Waals surface area contributed by atoms with E-state index in [4.69, 9.17) is 16.3 Å². The normalized spacial score (nSPS) is 10.9. The van der Waals surface area contributed by atoms with Gasteiger partial charge in [0.05, 0.1) is 7.11 Å². The summed E-state index contributed by atoms with van der Waals surface area (Å²) in [6.07, 6.45) is 0.327. The third-order valence-corrected chi connectivity index (χ3v) is 3.78. The van der Waals surface area contributed by atoms with Crippen LogP contribution in [0.15, 0.2) is 29.1 Å². The van der Waals surface area contributed by atoms with E-state index in [-0.39, 0.29) is 10.0 Å². The quantitative estimate of drug-likeness (QED) is 0.738. The van der Waals surface area contributed by atoms with Gasteiger partial charge in [0.2, 0.25) is 9.43 Å². The first-order chi connectivity index (χ1) is 9.69. The van der Waals surface area contributed by atoms with Crippen molar-refractivity contribution in [1.82, 2.24) is 19.8 Å². The van der Waals surface area contributed by atoms with E-state index < -0.39 is 0 Å². The van der Waals surface area contributed by atoms with E-state index >= 15 is 0 Å². The lowest BCUT2D eigenvalue weighted by molar-refractivity contribution is 0.410. The average molecular weight is 309 g/mol. The molecule has 0 atom stereocenters. The number of aromatic nitrogens is 4. The number of rotatable bonds is 3. The highest BCUT2D eigenvalue weighted by molar-refractivity contribution is 7.20. The molecule has 8 heteroatoms. The van der Waals surface area contributed by atoms with Crippen molar-refractivity contribution in [1.29, 1.82) is 0 Å². The Morgan fingerprint density at radius 1 is 1.35 bits per heavy atom. The second-order valence-corrected chi connectivity index (χ2v) is 5.53. The fraction of sp³-hybridized carbons (Fsp3) is 0.167. The molecule has 0 bridgehead atoms. The summed E-state index contributed by atoms with van der Waals surface area (Å²) in [6, 6.07) is 7.45. The van der Waals surface area contributed by atoms with Gasteiger partial charge in [-0.15, -0.1) is 15.3 Å². The van der Waals surface area contributed by atoms with Crippen molar-refractivity contribution in [2.75, 3.05) is 7.11 Å². The molecule has 3 aromatic rings. The van der Waals surface area contributed by atoms with Gasteiger partial charge in [-0.05, 0) is 17.7 Å². The van der Waals surface area contributed by atoms with Gasteiger partial charge in [0.25, 0.3) is 5.56 Å². The van der Waals surface area contributed by atoms with Gasteiger partial charge in [0, 0.05) is 12.0 Å². The number of hydrogen-bond donors (Lipinski definition) is 0. The van der Waals surface area contributed by atoms with E-state index in [1.54, 1.807) is 7.11 Å². The molecule has 0 aliphatic carbocycles. The van der Waals surface area contributed by atoms with Crippen LogP contribution < -0.4 is 10.3 Å². The summed E-state index contributed by atoms with van der Waals surface area (Å²) in [5.41, 5.74) is 0.848. The topological polar surface area (TPSA) is 69.4 Å². The highest BCUT2D eigenvalue weighted by Gasteiger charge is 2.13. The zero-order valence-corrected chi connectivity index (χ0v) is 12.0. The Bertz CT molecular complexity index is 830. The third-order valence-electron chi connectivity index (χ3n) is 2.78. The monoisotopic (exact) mass is 308 g/mol. The van der Waals surface area contributed by atoms with Crippen LogP contribution in [0.5, 0.6) is 5.75 Å². The SMILES string of the molecule is COc1ccccc1Cc1nnc2sc(Cl)nn2c1=O. The van der Waals surface area contributed by atoms with Crippen molar-refractivity contribution in [3.8, 4) is 5.75 Å². The van der Waals surface area contributed by atoms with Crippen molar-refractivity contribution in [2.45, 2.75) is 6.42 Å². The predicted octanol–water partition coefficient (Wildman–Crippen LogP) is 1.80. The summed E-state index contributed by atoms with van der Waals surface area (Å²) in [5, 5.41) is 11.8. The summed E-state index contributed by atoms with van der Waals surface area (Å²) < 4.78 is 6.68. The first-order valence-electron chi connectivity index (χ1n) is 5.72. The van der Waals surface area contributed by atoms with Crippen LogP contribution in [0.3, 0.4) is 0 Å². The van der Waals surface area contributed by atoms with Crippen LogP contribution >= 0.6 is 22.9 Å². The van der Waals surface area contributed by atoms with Crippen LogP contribution in [0.1, 0.15) is 11.3 Å². The van der Waals surface area contributed by atoms with Gasteiger partial charge < -0.3 is 4.74 Å². The van der Waals surface area contributed by atoms with Crippen molar-refractivity contribution >= 4 is 27.9 Å². The Balaban J connectivity index is 2.07. The minimum Gasteiger partial charge on any atom is -0.496 e. The average Bonchev–Trinajstić information content (AvgIpc) is 2.84. The molecule has 0 unspecified atom stereocenters. The molecule has 0 fully saturated rings. The molecule has 0 radical (unpaired) electrons. The van der Waals surface area contributed by atoms with Crippen molar-refractivity contribution < 1.29 is 4.74 Å². The maximum Gasteiger partial charge on any atom is 0.297 e. The zero-order valence-electron chi connectivity index (χ0n) is 10.4. The summed E-state index contributed by atoms with van der Waals surface area (Å²) >= 11 is 6.88. The highest BCUT2D eigenvalue weighted by atomic mass is 35.5. The maximum atomic E-state index is 12.3. The van der Waals surface area contributed by atoms with Gasteiger partial charge in [-0.1, -0.05) is 29.5 Å². The maximum absolute atomic E-state index is 12.3. The molecule has 2 aromatic heterocycles. The Labute approximate surface area is 122 Å². The molecule has 0 aliphatic rings. The van der Waals surface area contributed by atoms with Gasteiger partial charge in [0.15, 0.2) is 0 Å². The van der Waals surface area contributed by atoms with Gasteiger partial charge in [0.1, 0.15) is 11.4 Å². The van der Waals surface area contributed by atoms with Crippen LogP contribution in [0, 0.1) is 0 Å². The number of halogens is 1. The molecule has 102 valence electrons. The molecule has 0 spiro atoms. The van der Waals surface area contributed by atoms with Crippen LogP contribution in [-0.2, 0) is 6.42 Å². The number of benzene rings is 1. The van der Waals surface area contributed by atoms with E-state index in [0.717, 1.165) is 16.9 Å². The number of nitrogens with zero attached hydrogens (tertiary/aromatic N) is 4. The number of methoxy groups -OCH3 is 1. The molecule has 0 saturated heterocycles. The lowest BCUT2D eigenvalue weighted by Crippen LogP contribution is -2.22. The fourth-order valence-corrected chi connectivity index (χ4v) is 2.71. The molecule has 0 amide bonds. The smallest absolute Gasteiger partial charge is 0.297 e. The Hall–Kier alpha value is -1.99. The van der Waals surface area contributed by atoms with Crippen molar-refractivity contribution in [3.05, 3.63) is 50.3 Å². The Morgan fingerprint density at radius 2 is 2.15 bits per heavy atom. The van der Waals surface area contributed by atoms with Crippen LogP contribution in [0.25, 0.3) is 4.96 Å². The molecule has 3 rings (SSSR count). The van der Waals surface area contributed by atoms with Crippen molar-refractivity contribution in [2.24, 2.45) is 0 Å². The molecule has 0 N–H and O–H groups in total. The molecule has 0 aliphatic heterocycles. The van der Waals surface area contributed by atoms with Crippen LogP contribution in [0.2, 0.25) is 4.47 Å². The minimum atomic E-state index is -0.316. The number of hydrogen-bond acceptors (Lipinski definition) is 6. The van der Waals surface area contributed by atoms with Crippen LogP contribution in [-0.4, -0.2) is 26.9 Å². The lowest BCUT2D eigenvalue weighted by atomic mass is 10.1. The summed E-state index contributed by atoms with van der Waals surface area (Å²) in [6.45, 7) is 0. The first-order valence-corrected chi connectivity index (χ1v) is 6.91. The van der Waals surface area contributed by atoms with E-state index in [1.807, 2.05) is 24.3 Å². The summed E-state index contributed by atoms with van der Waals surface area (Å²) in [5.74, 6) is 0.704. The number of para-hydroxylation sites is 1. The van der Waals surface area contributed by atoms with Crippen LogP contribution in [0.4, 0.5) is 0 Å². The van der Waals surface area contributed by atoms with E-state index in [1.165, 1.54) is 4.52 Å². The molecule has 6 nitrogen and oxygen atoms in total. The van der Waals surface area contributed by atoms with E-state index in [9.17, 15) is 4.79 Å².